The van der Waals surface area contributed by atoms with Crippen LogP contribution in [0.2, 0.25) is 0 Å². The van der Waals surface area contributed by atoms with Crippen LogP contribution in [-0.4, -0.2) is 15.0 Å². The van der Waals surface area contributed by atoms with Crippen LogP contribution < -0.4 is 0 Å². The first-order valence-electron chi connectivity index (χ1n) is 15.0. The van der Waals surface area contributed by atoms with E-state index in [0.717, 1.165) is 34.6 Å². The van der Waals surface area contributed by atoms with Gasteiger partial charge in [0.1, 0.15) is 0 Å². The van der Waals surface area contributed by atoms with Crippen molar-refractivity contribution in [2.45, 2.75) is 91.9 Å². The molecule has 6 aliphatic carbocycles. The molecule has 3 heterocycles. The van der Waals surface area contributed by atoms with Crippen LogP contribution in [0.3, 0.4) is 0 Å². The van der Waals surface area contributed by atoms with Crippen molar-refractivity contribution in [3.05, 3.63) is 65.0 Å². The number of hydrogen-bond acceptors (Lipinski definition) is 3. The van der Waals surface area contributed by atoms with Gasteiger partial charge in [0.25, 0.3) is 0 Å². The van der Waals surface area contributed by atoms with E-state index < -0.39 is 0 Å². The minimum absolute atomic E-state index is 0.380. The van der Waals surface area contributed by atoms with E-state index in [1.165, 1.54) is 35.4 Å². The van der Waals surface area contributed by atoms with Crippen molar-refractivity contribution in [3.8, 4) is 22.8 Å². The number of rotatable bonds is 4. The lowest BCUT2D eigenvalue weighted by Gasteiger charge is -2.61. The second-order valence-electron chi connectivity index (χ2n) is 14.7. The van der Waals surface area contributed by atoms with E-state index in [-0.39, 0.29) is 0 Å². The van der Waals surface area contributed by atoms with Crippen LogP contribution >= 0.6 is 0 Å². The summed E-state index contributed by atoms with van der Waals surface area (Å²) in [5.41, 5.74) is 10.3. The highest BCUT2D eigenvalue weighted by Gasteiger charge is 2.59. The standard InChI is InChI=1S/C35H43N3/c1-18(2)30-24-16-22(34(24,5)6)20-12-14-28(37-32(20)30)26-10-9-11-27(36-26)29-15-13-21-23-17-25(35(23,7)8)31(19(3)4)33(21)38-29/h9-15,18-19,22-25,30-31H,16-17H2,1-8H3/t22-,23-,24+,25+,30-,31-/m1/s1. The molecule has 6 aliphatic rings. The summed E-state index contributed by atoms with van der Waals surface area (Å²) < 4.78 is 0. The molecule has 0 saturated heterocycles. The molecule has 198 valence electrons. The second kappa shape index (κ2) is 7.99. The van der Waals surface area contributed by atoms with Gasteiger partial charge in [-0.05, 0) is 94.6 Å². The zero-order valence-corrected chi connectivity index (χ0v) is 24.4. The molecule has 0 unspecified atom stereocenters. The average Bonchev–Trinajstić information content (AvgIpc) is 2.90. The van der Waals surface area contributed by atoms with E-state index in [9.17, 15) is 0 Å². The second-order valence-corrected chi connectivity index (χ2v) is 14.7. The predicted octanol–water partition coefficient (Wildman–Crippen LogP) is 8.97. The Labute approximate surface area is 228 Å². The van der Waals surface area contributed by atoms with Gasteiger partial charge in [0.2, 0.25) is 0 Å². The fourth-order valence-corrected chi connectivity index (χ4v) is 9.23. The van der Waals surface area contributed by atoms with Crippen molar-refractivity contribution in [3.63, 3.8) is 0 Å². The Balaban J connectivity index is 1.27. The third-order valence-corrected chi connectivity index (χ3v) is 11.6. The summed E-state index contributed by atoms with van der Waals surface area (Å²) in [6.07, 6.45) is 2.63. The van der Waals surface area contributed by atoms with Gasteiger partial charge in [-0.3, -0.25) is 9.97 Å². The molecule has 0 N–H and O–H groups in total. The molecule has 4 bridgehead atoms. The maximum absolute atomic E-state index is 5.32. The highest BCUT2D eigenvalue weighted by Crippen LogP contribution is 2.68. The molecule has 3 nitrogen and oxygen atoms in total. The summed E-state index contributed by atoms with van der Waals surface area (Å²) in [5, 5.41) is 0. The molecule has 0 radical (unpaired) electrons. The summed E-state index contributed by atoms with van der Waals surface area (Å²) >= 11 is 0. The molecule has 3 aromatic rings. The van der Waals surface area contributed by atoms with Gasteiger partial charge < -0.3 is 0 Å². The lowest BCUT2D eigenvalue weighted by molar-refractivity contribution is -0.0198. The Bertz CT molecular complexity index is 1330. The number of aromatic nitrogens is 3. The first-order chi connectivity index (χ1) is 18.0. The van der Waals surface area contributed by atoms with Gasteiger partial charge in [-0.25, -0.2) is 4.98 Å². The fourth-order valence-electron chi connectivity index (χ4n) is 9.23. The van der Waals surface area contributed by atoms with Crippen molar-refractivity contribution in [2.75, 3.05) is 0 Å². The summed E-state index contributed by atoms with van der Waals surface area (Å²) in [5.74, 6) is 4.97. The van der Waals surface area contributed by atoms with Crippen molar-refractivity contribution in [1.82, 2.24) is 15.0 Å². The van der Waals surface area contributed by atoms with Crippen molar-refractivity contribution in [2.24, 2.45) is 34.5 Å². The van der Waals surface area contributed by atoms with Crippen LogP contribution in [0.1, 0.15) is 114 Å². The van der Waals surface area contributed by atoms with Gasteiger partial charge in [-0.1, -0.05) is 73.6 Å². The molecule has 0 aromatic carbocycles. The lowest BCUT2D eigenvalue weighted by atomic mass is 9.43. The number of pyridine rings is 3. The monoisotopic (exact) mass is 505 g/mol. The van der Waals surface area contributed by atoms with E-state index in [0.29, 0.717) is 46.3 Å². The first kappa shape index (κ1) is 24.5. The van der Waals surface area contributed by atoms with Gasteiger partial charge in [-0.2, -0.15) is 0 Å². The number of nitrogens with zero attached hydrogens (tertiary/aromatic N) is 3. The Kier molecular flexibility index (Phi) is 5.15. The van der Waals surface area contributed by atoms with E-state index in [1.54, 1.807) is 0 Å². The molecule has 2 fully saturated rings. The molecule has 0 spiro atoms. The molecule has 6 atom stereocenters. The van der Waals surface area contributed by atoms with Crippen molar-refractivity contribution in [1.29, 1.82) is 0 Å². The smallest absolute Gasteiger partial charge is 0.0894 e. The summed E-state index contributed by atoms with van der Waals surface area (Å²) in [6.45, 7) is 19.3. The molecule has 9 rings (SSSR count). The van der Waals surface area contributed by atoms with Crippen LogP contribution in [0.4, 0.5) is 0 Å². The van der Waals surface area contributed by atoms with Crippen LogP contribution in [0, 0.1) is 34.5 Å². The molecule has 2 saturated carbocycles. The van der Waals surface area contributed by atoms with Crippen LogP contribution in [0.15, 0.2) is 42.5 Å². The highest BCUT2D eigenvalue weighted by atomic mass is 14.9. The van der Waals surface area contributed by atoms with E-state index >= 15 is 0 Å². The Morgan fingerprint density at radius 3 is 1.34 bits per heavy atom. The van der Waals surface area contributed by atoms with Crippen molar-refractivity contribution >= 4 is 0 Å². The first-order valence-corrected chi connectivity index (χ1v) is 15.0. The molecule has 0 aliphatic heterocycles. The third kappa shape index (κ3) is 3.17. The van der Waals surface area contributed by atoms with E-state index in [1.807, 2.05) is 0 Å². The summed E-state index contributed by atoms with van der Waals surface area (Å²) in [6, 6.07) is 15.5. The zero-order valence-electron chi connectivity index (χ0n) is 24.4. The summed E-state index contributed by atoms with van der Waals surface area (Å²) in [4.78, 5) is 15.8. The molecule has 38 heavy (non-hydrogen) atoms. The van der Waals surface area contributed by atoms with Gasteiger partial charge >= 0.3 is 0 Å². The quantitative estimate of drug-likeness (QED) is 0.355. The Morgan fingerprint density at radius 2 is 0.974 bits per heavy atom. The van der Waals surface area contributed by atoms with Crippen LogP contribution in [0.5, 0.6) is 0 Å². The topological polar surface area (TPSA) is 38.7 Å². The predicted molar refractivity (Wildman–Crippen MR) is 155 cm³/mol. The molecule has 0 amide bonds. The molecule has 3 heteroatoms. The minimum atomic E-state index is 0.380. The Morgan fingerprint density at radius 1 is 0.579 bits per heavy atom. The third-order valence-electron chi connectivity index (χ3n) is 11.6. The van der Waals surface area contributed by atoms with E-state index in [4.69, 9.17) is 15.0 Å². The van der Waals surface area contributed by atoms with Crippen LogP contribution in [0.25, 0.3) is 22.8 Å². The molecular formula is C35H43N3. The average molecular weight is 506 g/mol. The highest BCUT2D eigenvalue weighted by molar-refractivity contribution is 5.63. The Hall–Kier alpha value is -2.55. The fraction of sp³-hybridized carbons (Fsp3) is 0.571. The summed E-state index contributed by atoms with van der Waals surface area (Å²) in [7, 11) is 0. The van der Waals surface area contributed by atoms with Crippen LogP contribution in [-0.2, 0) is 0 Å². The van der Waals surface area contributed by atoms with Gasteiger partial charge in [-0.15, -0.1) is 0 Å². The molecular weight excluding hydrogens is 462 g/mol. The largest absolute Gasteiger partial charge is 0.251 e. The van der Waals surface area contributed by atoms with Gasteiger partial charge in [0, 0.05) is 23.2 Å². The SMILES string of the molecule is CC(C)[C@H]1c2nc(-c3cccc(-c4ccc5c(n4)[C@H](C(C)C)[C@@H]4C[C@H]5C4(C)C)n3)ccc2[C@H]2C[C@@H]1C2(C)C. The number of hydrogen-bond donors (Lipinski definition) is 0. The lowest BCUT2D eigenvalue weighted by Crippen LogP contribution is -2.51. The normalized spacial score (nSPS) is 31.3. The van der Waals surface area contributed by atoms with Gasteiger partial charge in [0.15, 0.2) is 0 Å². The van der Waals surface area contributed by atoms with Crippen molar-refractivity contribution < 1.29 is 0 Å². The van der Waals surface area contributed by atoms with E-state index in [2.05, 4.69) is 97.9 Å². The minimum Gasteiger partial charge on any atom is -0.251 e. The maximum Gasteiger partial charge on any atom is 0.0894 e. The zero-order chi connectivity index (χ0) is 26.7. The van der Waals surface area contributed by atoms with Gasteiger partial charge in [0.05, 0.1) is 22.8 Å². The maximum atomic E-state index is 5.32. The molecule has 3 aromatic heterocycles.